The van der Waals surface area contributed by atoms with Crippen LogP contribution >= 0.6 is 11.8 Å². The highest BCUT2D eigenvalue weighted by atomic mass is 32.2. The van der Waals surface area contributed by atoms with Crippen LogP contribution in [0.25, 0.3) is 0 Å². The Morgan fingerprint density at radius 3 is 2.72 bits per heavy atom. The molecule has 1 aliphatic rings. The lowest BCUT2D eigenvalue weighted by Crippen LogP contribution is -2.16. The zero-order chi connectivity index (χ0) is 13.0. The molecule has 2 rings (SSSR count). The monoisotopic (exact) mass is 270 g/mol. The van der Waals surface area contributed by atoms with Gasteiger partial charge in [-0.15, -0.1) is 0 Å². The van der Waals surface area contributed by atoms with Gasteiger partial charge in [0.05, 0.1) is 0 Å². The van der Waals surface area contributed by atoms with Crippen molar-refractivity contribution in [2.75, 3.05) is 11.5 Å². The predicted molar refractivity (Wildman–Crippen MR) is 69.7 cm³/mol. The van der Waals surface area contributed by atoms with Gasteiger partial charge in [0.25, 0.3) is 0 Å². The second kappa shape index (κ2) is 6.32. The van der Waals surface area contributed by atoms with Gasteiger partial charge < -0.3 is 0 Å². The van der Waals surface area contributed by atoms with Gasteiger partial charge in [0.1, 0.15) is 5.78 Å². The smallest absolute Gasteiger partial charge is 0.162 e. The van der Waals surface area contributed by atoms with E-state index in [1.165, 1.54) is 12.1 Å². The van der Waals surface area contributed by atoms with E-state index in [1.807, 2.05) is 11.8 Å². The summed E-state index contributed by atoms with van der Waals surface area (Å²) >= 11 is 1.91. The maximum atomic E-state index is 13.4. The van der Waals surface area contributed by atoms with Crippen LogP contribution in [-0.4, -0.2) is 17.3 Å². The molecule has 18 heavy (non-hydrogen) atoms. The largest absolute Gasteiger partial charge is 0.299 e. The van der Waals surface area contributed by atoms with Crippen molar-refractivity contribution < 1.29 is 13.6 Å². The molecule has 0 atom stereocenters. The lowest BCUT2D eigenvalue weighted by Gasteiger charge is -2.20. The second-order valence-electron chi connectivity index (χ2n) is 4.69. The average molecular weight is 270 g/mol. The lowest BCUT2D eigenvalue weighted by atomic mass is 9.93. The summed E-state index contributed by atoms with van der Waals surface area (Å²) in [6.45, 7) is 0. The van der Waals surface area contributed by atoms with E-state index >= 15 is 0 Å². The molecule has 1 aromatic carbocycles. The highest BCUT2D eigenvalue weighted by Gasteiger charge is 2.18. The van der Waals surface area contributed by atoms with E-state index in [4.69, 9.17) is 0 Å². The van der Waals surface area contributed by atoms with Crippen LogP contribution < -0.4 is 0 Å². The Hall–Kier alpha value is -0.900. The number of halogens is 2. The summed E-state index contributed by atoms with van der Waals surface area (Å²) in [5.41, 5.74) is 0.171. The Kier molecular flexibility index (Phi) is 4.75. The van der Waals surface area contributed by atoms with Crippen LogP contribution in [0.3, 0.4) is 0 Å². The number of hydrogen-bond acceptors (Lipinski definition) is 2. The molecule has 1 saturated heterocycles. The number of carbonyl (C=O) groups excluding carboxylic acids is 1. The molecule has 1 aliphatic heterocycles. The molecule has 1 fully saturated rings. The van der Waals surface area contributed by atoms with E-state index < -0.39 is 11.6 Å². The van der Waals surface area contributed by atoms with Crippen LogP contribution in [0.1, 0.15) is 24.8 Å². The zero-order valence-corrected chi connectivity index (χ0v) is 10.9. The molecule has 1 heterocycles. The third-order valence-electron chi connectivity index (χ3n) is 3.28. The summed E-state index contributed by atoms with van der Waals surface area (Å²) in [5, 5.41) is 0. The summed E-state index contributed by atoms with van der Waals surface area (Å²) in [4.78, 5) is 11.8. The first-order valence-electron chi connectivity index (χ1n) is 6.19. The van der Waals surface area contributed by atoms with Gasteiger partial charge in [-0.1, -0.05) is 12.1 Å². The minimum absolute atomic E-state index is 0.00718. The summed E-state index contributed by atoms with van der Waals surface area (Å²) in [6, 6.07) is 3.99. The maximum Gasteiger partial charge on any atom is 0.162 e. The topological polar surface area (TPSA) is 17.1 Å². The molecular formula is C14H16F2OS. The molecule has 1 nitrogen and oxygen atoms in total. The first-order valence-corrected chi connectivity index (χ1v) is 7.34. The van der Waals surface area contributed by atoms with Gasteiger partial charge in [0, 0.05) is 12.8 Å². The van der Waals surface area contributed by atoms with E-state index in [1.54, 1.807) is 0 Å². The molecule has 0 spiro atoms. The van der Waals surface area contributed by atoms with Crippen molar-refractivity contribution in [2.24, 2.45) is 5.92 Å². The number of carbonyl (C=O) groups is 1. The summed E-state index contributed by atoms with van der Waals surface area (Å²) in [7, 11) is 0. The van der Waals surface area contributed by atoms with Gasteiger partial charge in [0.2, 0.25) is 0 Å². The Bertz CT molecular complexity index is 428. The fourth-order valence-electron chi connectivity index (χ4n) is 2.24. The number of ketones is 1. The molecule has 0 saturated carbocycles. The Morgan fingerprint density at radius 1 is 1.28 bits per heavy atom. The molecular weight excluding hydrogens is 254 g/mol. The van der Waals surface area contributed by atoms with Gasteiger partial charge in [-0.3, -0.25) is 4.79 Å². The Labute approximate surface area is 110 Å². The van der Waals surface area contributed by atoms with Crippen LogP contribution in [0.15, 0.2) is 18.2 Å². The van der Waals surface area contributed by atoms with Crippen molar-refractivity contribution in [1.82, 2.24) is 0 Å². The van der Waals surface area contributed by atoms with Crippen LogP contribution in [0.4, 0.5) is 8.78 Å². The summed E-state index contributed by atoms with van der Waals surface area (Å²) < 4.78 is 26.4. The molecule has 0 amide bonds. The Morgan fingerprint density at radius 2 is 2.00 bits per heavy atom. The summed E-state index contributed by atoms with van der Waals surface area (Å²) in [5.74, 6) is 0.879. The predicted octanol–water partition coefficient (Wildman–Crippen LogP) is 3.61. The van der Waals surface area contributed by atoms with E-state index in [2.05, 4.69) is 0 Å². The quantitative estimate of drug-likeness (QED) is 0.831. The average Bonchev–Trinajstić information content (AvgIpc) is 2.36. The maximum absolute atomic E-state index is 13.4. The molecule has 0 unspecified atom stereocenters. The van der Waals surface area contributed by atoms with Crippen LogP contribution in [0, 0.1) is 17.6 Å². The first-order chi connectivity index (χ1) is 8.66. The lowest BCUT2D eigenvalue weighted by molar-refractivity contribution is -0.119. The fraction of sp³-hybridized carbons (Fsp3) is 0.500. The highest BCUT2D eigenvalue weighted by molar-refractivity contribution is 7.99. The van der Waals surface area contributed by atoms with Crippen molar-refractivity contribution in [3.8, 4) is 0 Å². The molecule has 4 heteroatoms. The van der Waals surface area contributed by atoms with Crippen molar-refractivity contribution in [3.05, 3.63) is 35.4 Å². The van der Waals surface area contributed by atoms with Crippen molar-refractivity contribution >= 4 is 17.5 Å². The number of rotatable bonds is 4. The van der Waals surface area contributed by atoms with Crippen LogP contribution in [0.2, 0.25) is 0 Å². The number of Topliss-reactive ketones (excluding diaryl/α,β-unsaturated/α-hetero) is 1. The number of benzene rings is 1. The standard InChI is InChI=1S/C14H16F2OS/c15-13-3-1-2-11(14(13)16)9-12(17)8-10-4-6-18-7-5-10/h1-3,10H,4-9H2. The van der Waals surface area contributed by atoms with Crippen LogP contribution in [-0.2, 0) is 11.2 Å². The van der Waals surface area contributed by atoms with Gasteiger partial charge in [-0.2, -0.15) is 11.8 Å². The normalized spacial score (nSPS) is 16.8. The molecule has 98 valence electrons. The van der Waals surface area contributed by atoms with Gasteiger partial charge in [0.15, 0.2) is 11.6 Å². The van der Waals surface area contributed by atoms with E-state index in [0.717, 1.165) is 30.4 Å². The highest BCUT2D eigenvalue weighted by Crippen LogP contribution is 2.26. The van der Waals surface area contributed by atoms with Gasteiger partial charge in [-0.25, -0.2) is 8.78 Å². The van der Waals surface area contributed by atoms with Crippen molar-refractivity contribution in [1.29, 1.82) is 0 Å². The third-order valence-corrected chi connectivity index (χ3v) is 4.33. The first kappa shape index (κ1) is 13.5. The van der Waals surface area contributed by atoms with E-state index in [-0.39, 0.29) is 17.8 Å². The van der Waals surface area contributed by atoms with Gasteiger partial charge >= 0.3 is 0 Å². The molecule has 0 bridgehead atoms. The molecule has 0 N–H and O–H groups in total. The SMILES string of the molecule is O=C(Cc1cccc(F)c1F)CC1CCSCC1. The van der Waals surface area contributed by atoms with Crippen LogP contribution in [0.5, 0.6) is 0 Å². The van der Waals surface area contributed by atoms with E-state index in [9.17, 15) is 13.6 Å². The molecule has 0 radical (unpaired) electrons. The molecule has 1 aromatic rings. The van der Waals surface area contributed by atoms with Crippen molar-refractivity contribution in [2.45, 2.75) is 25.7 Å². The minimum Gasteiger partial charge on any atom is -0.299 e. The molecule has 0 aliphatic carbocycles. The minimum atomic E-state index is -0.884. The van der Waals surface area contributed by atoms with E-state index in [0.29, 0.717) is 12.3 Å². The third kappa shape index (κ3) is 3.55. The Balaban J connectivity index is 1.92. The molecule has 0 aromatic heterocycles. The van der Waals surface area contributed by atoms with Gasteiger partial charge in [-0.05, 0) is 41.9 Å². The van der Waals surface area contributed by atoms with Crippen molar-refractivity contribution in [3.63, 3.8) is 0 Å². The second-order valence-corrected chi connectivity index (χ2v) is 5.91. The number of hydrogen-bond donors (Lipinski definition) is 0. The fourth-order valence-corrected chi connectivity index (χ4v) is 3.45. The summed E-state index contributed by atoms with van der Waals surface area (Å²) in [6.07, 6.45) is 2.62. The number of thioether (sulfide) groups is 1. The zero-order valence-electron chi connectivity index (χ0n) is 10.1.